The molecule has 1 aliphatic heterocycles. The van der Waals surface area contributed by atoms with Gasteiger partial charge in [-0.05, 0) is 55.2 Å². The molecule has 1 amide bonds. The number of aromatic amines is 1. The maximum absolute atomic E-state index is 12.5. The van der Waals surface area contributed by atoms with Crippen LogP contribution in [0.5, 0.6) is 0 Å². The molecule has 3 heterocycles. The number of nitrogens with one attached hydrogen (secondary N) is 1. The fourth-order valence-corrected chi connectivity index (χ4v) is 3.19. The molecule has 23 heavy (non-hydrogen) atoms. The van der Waals surface area contributed by atoms with E-state index in [1.54, 1.807) is 6.20 Å². The van der Waals surface area contributed by atoms with Crippen LogP contribution in [-0.2, 0) is 0 Å². The van der Waals surface area contributed by atoms with Gasteiger partial charge in [0.1, 0.15) is 5.65 Å². The zero-order valence-electron chi connectivity index (χ0n) is 13.0. The molecule has 0 unspecified atom stereocenters. The van der Waals surface area contributed by atoms with Crippen molar-refractivity contribution in [3.05, 3.63) is 54.2 Å². The van der Waals surface area contributed by atoms with E-state index < -0.39 is 0 Å². The van der Waals surface area contributed by atoms with Crippen LogP contribution in [0.2, 0.25) is 0 Å². The molecule has 4 rings (SSSR count). The van der Waals surface area contributed by atoms with Crippen LogP contribution in [0.25, 0.3) is 22.3 Å². The van der Waals surface area contributed by atoms with Crippen LogP contribution in [-0.4, -0.2) is 33.9 Å². The highest BCUT2D eigenvalue weighted by Crippen LogP contribution is 2.23. The minimum atomic E-state index is 0.148. The topological polar surface area (TPSA) is 49.0 Å². The van der Waals surface area contributed by atoms with Gasteiger partial charge in [0, 0.05) is 35.9 Å². The molecule has 0 saturated carbocycles. The zero-order chi connectivity index (χ0) is 15.6. The molecule has 3 aromatic rings. The van der Waals surface area contributed by atoms with Crippen LogP contribution >= 0.6 is 0 Å². The van der Waals surface area contributed by atoms with Crippen LogP contribution in [0.1, 0.15) is 29.6 Å². The molecule has 1 aliphatic rings. The largest absolute Gasteiger partial charge is 0.339 e. The number of likely N-dealkylation sites (tertiary alicyclic amines) is 1. The molecular weight excluding hydrogens is 286 g/mol. The van der Waals surface area contributed by atoms with Crippen molar-refractivity contribution in [2.75, 3.05) is 13.1 Å². The van der Waals surface area contributed by atoms with Gasteiger partial charge >= 0.3 is 0 Å². The van der Waals surface area contributed by atoms with Gasteiger partial charge in [0.2, 0.25) is 0 Å². The molecule has 4 heteroatoms. The summed E-state index contributed by atoms with van der Waals surface area (Å²) in [6.07, 6.45) is 5.25. The molecule has 1 fully saturated rings. The minimum absolute atomic E-state index is 0.148. The van der Waals surface area contributed by atoms with Crippen LogP contribution in [0.15, 0.2) is 48.7 Å². The molecule has 2 aromatic heterocycles. The number of carbonyl (C=O) groups excluding carboxylic acids is 1. The molecule has 1 N–H and O–H groups in total. The molecule has 4 nitrogen and oxygen atoms in total. The van der Waals surface area contributed by atoms with Crippen molar-refractivity contribution in [3.63, 3.8) is 0 Å². The summed E-state index contributed by atoms with van der Waals surface area (Å²) in [4.78, 5) is 22.1. The molecule has 0 bridgehead atoms. The van der Waals surface area contributed by atoms with E-state index in [0.717, 1.165) is 53.8 Å². The highest BCUT2D eigenvalue weighted by molar-refractivity contribution is 5.95. The molecule has 0 aliphatic carbocycles. The first-order chi connectivity index (χ1) is 11.3. The Morgan fingerprint density at radius 2 is 1.83 bits per heavy atom. The van der Waals surface area contributed by atoms with E-state index in [1.165, 1.54) is 6.42 Å². The number of hydrogen-bond acceptors (Lipinski definition) is 2. The fraction of sp³-hybridized carbons (Fsp3) is 0.263. The van der Waals surface area contributed by atoms with E-state index in [-0.39, 0.29) is 5.91 Å². The summed E-state index contributed by atoms with van der Waals surface area (Å²) < 4.78 is 0. The van der Waals surface area contributed by atoms with Gasteiger partial charge in [-0.2, -0.15) is 0 Å². The smallest absolute Gasteiger partial charge is 0.253 e. The summed E-state index contributed by atoms with van der Waals surface area (Å²) in [5, 5.41) is 1.09. The normalized spacial score (nSPS) is 15.0. The first-order valence-corrected chi connectivity index (χ1v) is 8.15. The number of benzene rings is 1. The quantitative estimate of drug-likeness (QED) is 0.781. The number of H-pyrrole nitrogens is 1. The van der Waals surface area contributed by atoms with Gasteiger partial charge in [0.05, 0.1) is 0 Å². The number of hydrogen-bond donors (Lipinski definition) is 1. The summed E-state index contributed by atoms with van der Waals surface area (Å²) >= 11 is 0. The summed E-state index contributed by atoms with van der Waals surface area (Å²) in [7, 11) is 0. The maximum Gasteiger partial charge on any atom is 0.253 e. The number of fused-ring (bicyclic) bond motifs is 1. The van der Waals surface area contributed by atoms with E-state index in [1.807, 2.05) is 41.3 Å². The Kier molecular flexibility index (Phi) is 3.58. The van der Waals surface area contributed by atoms with Crippen molar-refractivity contribution in [3.8, 4) is 11.3 Å². The summed E-state index contributed by atoms with van der Waals surface area (Å²) in [5.74, 6) is 0.148. The van der Waals surface area contributed by atoms with Gasteiger partial charge < -0.3 is 9.88 Å². The lowest BCUT2D eigenvalue weighted by atomic mass is 10.1. The third-order valence-electron chi connectivity index (χ3n) is 4.48. The summed E-state index contributed by atoms with van der Waals surface area (Å²) in [6, 6.07) is 13.9. The molecule has 116 valence electrons. The molecule has 0 spiro atoms. The standard InChI is InChI=1S/C19H19N3O/c23-19(22-11-2-1-3-12-22)15-8-6-14(7-9-15)17-13-16-5-4-10-20-18(16)21-17/h4-10,13H,1-3,11-12H2,(H,20,21). The Hall–Kier alpha value is -2.62. The molecule has 1 aromatic carbocycles. The van der Waals surface area contributed by atoms with Crippen molar-refractivity contribution in [1.82, 2.24) is 14.9 Å². The third-order valence-corrected chi connectivity index (χ3v) is 4.48. The lowest BCUT2D eigenvalue weighted by molar-refractivity contribution is 0.0724. The summed E-state index contributed by atoms with van der Waals surface area (Å²) in [5.41, 5.74) is 3.75. The van der Waals surface area contributed by atoms with E-state index in [9.17, 15) is 4.79 Å². The number of rotatable bonds is 2. The highest BCUT2D eigenvalue weighted by Gasteiger charge is 2.18. The van der Waals surface area contributed by atoms with Gasteiger partial charge in [-0.3, -0.25) is 4.79 Å². The Morgan fingerprint density at radius 1 is 1.04 bits per heavy atom. The number of carbonyl (C=O) groups is 1. The minimum Gasteiger partial charge on any atom is -0.339 e. The average molecular weight is 305 g/mol. The number of piperidine rings is 1. The van der Waals surface area contributed by atoms with Crippen molar-refractivity contribution in [1.29, 1.82) is 0 Å². The van der Waals surface area contributed by atoms with Crippen molar-refractivity contribution < 1.29 is 4.79 Å². The Labute approximate surface area is 135 Å². The fourth-order valence-electron chi connectivity index (χ4n) is 3.19. The summed E-state index contributed by atoms with van der Waals surface area (Å²) in [6.45, 7) is 1.77. The number of amides is 1. The lowest BCUT2D eigenvalue weighted by Gasteiger charge is -2.26. The van der Waals surface area contributed by atoms with Crippen molar-refractivity contribution in [2.24, 2.45) is 0 Å². The zero-order valence-corrected chi connectivity index (χ0v) is 13.0. The SMILES string of the molecule is O=C(c1ccc(-c2cc3cccnc3[nH]2)cc1)N1CCCCC1. The van der Waals surface area contributed by atoms with E-state index in [4.69, 9.17) is 0 Å². The van der Waals surface area contributed by atoms with Crippen LogP contribution < -0.4 is 0 Å². The number of nitrogens with zero attached hydrogens (tertiary/aromatic N) is 2. The van der Waals surface area contributed by atoms with E-state index >= 15 is 0 Å². The predicted molar refractivity (Wildman–Crippen MR) is 91.3 cm³/mol. The monoisotopic (exact) mass is 305 g/mol. The van der Waals surface area contributed by atoms with Gasteiger partial charge in [-0.25, -0.2) is 4.98 Å². The molecule has 1 saturated heterocycles. The number of pyridine rings is 1. The maximum atomic E-state index is 12.5. The van der Waals surface area contributed by atoms with E-state index in [2.05, 4.69) is 16.0 Å². The van der Waals surface area contributed by atoms with Gasteiger partial charge in [0.25, 0.3) is 5.91 Å². The Morgan fingerprint density at radius 3 is 2.57 bits per heavy atom. The third kappa shape index (κ3) is 2.72. The molecule has 0 atom stereocenters. The van der Waals surface area contributed by atoms with E-state index in [0.29, 0.717) is 0 Å². The molecular formula is C19H19N3O. The van der Waals surface area contributed by atoms with Crippen molar-refractivity contribution in [2.45, 2.75) is 19.3 Å². The van der Waals surface area contributed by atoms with Crippen molar-refractivity contribution >= 4 is 16.9 Å². The number of aromatic nitrogens is 2. The first kappa shape index (κ1) is 14.0. The lowest BCUT2D eigenvalue weighted by Crippen LogP contribution is -2.35. The van der Waals surface area contributed by atoms with Gasteiger partial charge in [-0.15, -0.1) is 0 Å². The second-order valence-electron chi connectivity index (χ2n) is 6.05. The second kappa shape index (κ2) is 5.88. The van der Waals surface area contributed by atoms with Crippen LogP contribution in [0.4, 0.5) is 0 Å². The Balaban J connectivity index is 1.58. The highest BCUT2D eigenvalue weighted by atomic mass is 16.2. The van der Waals surface area contributed by atoms with Crippen LogP contribution in [0, 0.1) is 0 Å². The predicted octanol–water partition coefficient (Wildman–Crippen LogP) is 3.86. The second-order valence-corrected chi connectivity index (χ2v) is 6.05. The average Bonchev–Trinajstić information content (AvgIpc) is 3.06. The van der Waals surface area contributed by atoms with Gasteiger partial charge in [0.15, 0.2) is 0 Å². The Bertz CT molecular complexity index is 796. The van der Waals surface area contributed by atoms with Crippen LogP contribution in [0.3, 0.4) is 0 Å². The molecule has 0 radical (unpaired) electrons. The van der Waals surface area contributed by atoms with Gasteiger partial charge in [-0.1, -0.05) is 12.1 Å². The first-order valence-electron chi connectivity index (χ1n) is 8.15.